The van der Waals surface area contributed by atoms with E-state index in [1.165, 1.54) is 116 Å². The molecule has 0 amide bonds. The minimum atomic E-state index is 0.635. The molecule has 0 aromatic heterocycles. The first kappa shape index (κ1) is 87.5. The number of unbranched alkanes of at least 4 members (excludes halogenated alkanes) is 27. The molecule has 0 N–H and O–H groups in total. The summed E-state index contributed by atoms with van der Waals surface area (Å²) in [4.78, 5) is 0. The van der Waals surface area contributed by atoms with Crippen molar-refractivity contribution in [3.63, 3.8) is 0 Å². The van der Waals surface area contributed by atoms with E-state index in [9.17, 15) is 0 Å². The molecule has 0 spiro atoms. The first-order valence-electron chi connectivity index (χ1n) is 42.7. The third-order valence-electron chi connectivity index (χ3n) is 19.4. The van der Waals surface area contributed by atoms with Crippen LogP contribution >= 0.6 is 0 Å². The summed E-state index contributed by atoms with van der Waals surface area (Å²) in [5.41, 5.74) is 8.61. The number of ketones is 1. The SMILES string of the molecule is CCCCCCOC1=CC(=CC=c2ccc(=C(c3ccc(/C=C/c4cc(OCCCCCC)c(OCCCCCC)c(OCCCCCC)c4)cc3)c3ccc(/C=C/c4cc(OCCCCCC)c(OCCCCCC)c(OCCCCCC)c4)cc3)cc2)C=C(OCCCCCC)C1=[O+]CCCCCC. The Morgan fingerprint density at radius 3 is 0.896 bits per heavy atom. The topological polar surface area (TPSA) is 85.1 Å². The maximum atomic E-state index is 6.62. The Morgan fingerprint density at radius 2 is 0.575 bits per heavy atom. The highest BCUT2D eigenvalue weighted by atomic mass is 16.6. The molecule has 0 aliphatic heterocycles. The van der Waals surface area contributed by atoms with E-state index in [1.54, 1.807) is 0 Å². The number of allylic oxidation sites excluding steroid dienone is 4. The van der Waals surface area contributed by atoms with E-state index in [4.69, 9.17) is 42.3 Å². The summed E-state index contributed by atoms with van der Waals surface area (Å²) in [6, 6.07) is 35.5. The number of hydrogen-bond donors (Lipinski definition) is 0. The van der Waals surface area contributed by atoms with Gasteiger partial charge in [0.25, 0.3) is 6.61 Å². The molecule has 0 saturated heterocycles. The molecule has 106 heavy (non-hydrogen) atoms. The summed E-state index contributed by atoms with van der Waals surface area (Å²) in [5, 5.41) is 2.21. The van der Waals surface area contributed by atoms with Crippen LogP contribution in [0.3, 0.4) is 0 Å². The van der Waals surface area contributed by atoms with Crippen LogP contribution in [0.4, 0.5) is 0 Å². The molecule has 0 unspecified atom stereocenters. The Bertz CT molecular complexity index is 3210. The van der Waals surface area contributed by atoms with Gasteiger partial charge in [-0.2, -0.15) is 0 Å². The van der Waals surface area contributed by atoms with E-state index in [2.05, 4.69) is 208 Å². The largest absolute Gasteiger partial charge is 0.490 e. The molecule has 0 bridgehead atoms. The van der Waals surface area contributed by atoms with E-state index in [0.717, 1.165) is 222 Å². The van der Waals surface area contributed by atoms with Gasteiger partial charge in [-0.1, -0.05) is 339 Å². The Balaban J connectivity index is 1.42. The second-order valence-electron chi connectivity index (χ2n) is 29.0. The van der Waals surface area contributed by atoms with Crippen LogP contribution in [0.2, 0.25) is 0 Å². The minimum absolute atomic E-state index is 0.635. The van der Waals surface area contributed by atoms with Gasteiger partial charge in [0.15, 0.2) is 23.0 Å². The van der Waals surface area contributed by atoms with Crippen molar-refractivity contribution >= 4 is 41.7 Å². The van der Waals surface area contributed by atoms with Crippen LogP contribution in [0, 0.1) is 0 Å². The molecule has 5 aromatic carbocycles. The molecule has 6 rings (SSSR count). The van der Waals surface area contributed by atoms with Crippen molar-refractivity contribution in [2.24, 2.45) is 0 Å². The predicted molar refractivity (Wildman–Crippen MR) is 452 cm³/mol. The standard InChI is InChI=1S/C97H141O9/c1-10-19-28-37-64-98-88-73-82(74-89(99-65-38-29-20-11-2)95(88)104-70-43-34-25-16-7)49-46-79-52-58-85(59-53-79)94(86-60-54-80(55-61-86)47-50-83-75-90(100-66-39-30-21-12-3)96(105-71-44-35-26-17-8)91(76-83)101-67-40-31-22-13-4)87-62-56-81(57-63-87)48-51-84-77-92(102-68-41-32-23-14-5)97(106-72-45-36-27-18-9)93(78-84)103-69-42-33-24-15-6/h46-63,73-78H,10-45,64-72H2,1-9H3/q+1/b49-46+,50-47+. The van der Waals surface area contributed by atoms with Crippen LogP contribution in [0.5, 0.6) is 34.5 Å². The summed E-state index contributed by atoms with van der Waals surface area (Å²) < 4.78 is 59.5. The molecule has 0 heterocycles. The van der Waals surface area contributed by atoms with Gasteiger partial charge in [-0.25, -0.2) is 4.42 Å². The second-order valence-corrected chi connectivity index (χ2v) is 29.0. The zero-order valence-electron chi connectivity index (χ0n) is 67.9. The lowest BCUT2D eigenvalue weighted by molar-refractivity contribution is -0.458. The Labute approximate surface area is 644 Å². The normalized spacial score (nSPS) is 12.2. The highest BCUT2D eigenvalue weighted by Crippen LogP contribution is 2.42. The van der Waals surface area contributed by atoms with Crippen molar-refractivity contribution in [2.45, 2.75) is 293 Å². The molecule has 9 nitrogen and oxygen atoms in total. The fourth-order valence-corrected chi connectivity index (χ4v) is 12.9. The number of rotatable bonds is 60. The summed E-state index contributed by atoms with van der Waals surface area (Å²) in [5.74, 6) is 6.74. The average molecular weight is 1450 g/mol. The lowest BCUT2D eigenvalue weighted by atomic mass is 9.93. The number of benzene rings is 5. The quantitative estimate of drug-likeness (QED) is 0.0216. The third kappa shape index (κ3) is 34.2. The van der Waals surface area contributed by atoms with Gasteiger partial charge in [0.2, 0.25) is 23.0 Å². The number of carbonyl (C=O) groups excluding carboxylic acids is 1. The molecule has 5 aromatic rings. The summed E-state index contributed by atoms with van der Waals surface area (Å²) >= 11 is 0. The summed E-state index contributed by atoms with van der Waals surface area (Å²) in [6.07, 6.45) is 58.1. The van der Waals surface area contributed by atoms with Gasteiger partial charge in [0.1, 0.15) is 0 Å². The van der Waals surface area contributed by atoms with Gasteiger partial charge >= 0.3 is 5.78 Å². The molecule has 9 heteroatoms. The fraction of sp³-hybridized carbons (Fsp3) is 0.557. The first-order valence-corrected chi connectivity index (χ1v) is 42.7. The van der Waals surface area contributed by atoms with Crippen LogP contribution in [-0.2, 0) is 13.9 Å². The monoisotopic (exact) mass is 1450 g/mol. The maximum Gasteiger partial charge on any atom is 0.426 e. The van der Waals surface area contributed by atoms with Gasteiger partial charge in [-0.05, 0) is 149 Å². The van der Waals surface area contributed by atoms with E-state index in [-0.39, 0.29) is 0 Å². The van der Waals surface area contributed by atoms with Crippen molar-refractivity contribution in [3.8, 4) is 34.5 Å². The molecule has 0 saturated carbocycles. The Kier molecular flexibility index (Phi) is 46.2. The van der Waals surface area contributed by atoms with Gasteiger partial charge in [0.05, 0.1) is 52.9 Å². The van der Waals surface area contributed by atoms with Crippen LogP contribution in [0.1, 0.15) is 327 Å². The Hall–Kier alpha value is -7.39. The second kappa shape index (κ2) is 55.9. The molecule has 0 atom stereocenters. The zero-order valence-corrected chi connectivity index (χ0v) is 67.9. The molecule has 0 fully saturated rings. The van der Waals surface area contributed by atoms with E-state index < -0.39 is 0 Å². The molecule has 582 valence electrons. The smallest absolute Gasteiger partial charge is 0.426 e. The number of hydrogen-bond acceptors (Lipinski definition) is 8. The summed E-state index contributed by atoms with van der Waals surface area (Å²) in [7, 11) is 0. The number of ether oxygens (including phenoxy) is 8. The minimum Gasteiger partial charge on any atom is -0.490 e. The average Bonchev–Trinajstić information content (AvgIpc) is 0.790. The lowest BCUT2D eigenvalue weighted by Gasteiger charge is -2.18. The van der Waals surface area contributed by atoms with Gasteiger partial charge in [0, 0.05) is 6.42 Å². The first-order chi connectivity index (χ1) is 52.3. The highest BCUT2D eigenvalue weighted by Gasteiger charge is 2.32. The predicted octanol–water partition coefficient (Wildman–Crippen LogP) is 26.4. The Morgan fingerprint density at radius 1 is 0.283 bits per heavy atom. The third-order valence-corrected chi connectivity index (χ3v) is 19.4. The van der Waals surface area contributed by atoms with Crippen LogP contribution in [0.15, 0.2) is 132 Å². The zero-order chi connectivity index (χ0) is 75.1. The van der Waals surface area contributed by atoms with Crippen LogP contribution < -0.4 is 38.9 Å². The van der Waals surface area contributed by atoms with Crippen molar-refractivity contribution in [1.29, 1.82) is 0 Å². The van der Waals surface area contributed by atoms with Crippen molar-refractivity contribution in [2.75, 3.05) is 59.5 Å². The molecular formula is C97H141O9+. The van der Waals surface area contributed by atoms with E-state index >= 15 is 0 Å². The molecule has 1 aliphatic carbocycles. The van der Waals surface area contributed by atoms with E-state index in [0.29, 0.717) is 59.5 Å². The van der Waals surface area contributed by atoms with Crippen molar-refractivity contribution in [1.82, 2.24) is 0 Å². The fourth-order valence-electron chi connectivity index (χ4n) is 12.9. The maximum absolute atomic E-state index is 6.62. The molecule has 0 radical (unpaired) electrons. The van der Waals surface area contributed by atoms with Crippen LogP contribution in [0.25, 0.3) is 36.0 Å². The van der Waals surface area contributed by atoms with Gasteiger partial charge in [-0.3, -0.25) is 0 Å². The molecular weight excluding hydrogens is 1310 g/mol. The van der Waals surface area contributed by atoms with E-state index in [1.807, 2.05) is 0 Å². The molecule has 1 aliphatic rings. The van der Waals surface area contributed by atoms with Gasteiger partial charge < -0.3 is 37.9 Å². The van der Waals surface area contributed by atoms with Crippen molar-refractivity contribution in [3.05, 3.63) is 176 Å². The van der Waals surface area contributed by atoms with Gasteiger partial charge in [-0.15, -0.1) is 0 Å². The lowest BCUT2D eigenvalue weighted by Crippen LogP contribution is -2.20. The van der Waals surface area contributed by atoms with Crippen LogP contribution in [-0.4, -0.2) is 65.2 Å². The summed E-state index contributed by atoms with van der Waals surface area (Å²) in [6.45, 7) is 26.0. The highest BCUT2D eigenvalue weighted by molar-refractivity contribution is 6.08. The van der Waals surface area contributed by atoms with Crippen molar-refractivity contribution < 1.29 is 42.3 Å².